The van der Waals surface area contributed by atoms with Crippen LogP contribution in [0.25, 0.3) is 0 Å². The number of carboxylic acids is 1. The molecule has 0 aromatic carbocycles. The normalized spacial score (nSPS) is 47.4. The molecule has 10 nitrogen and oxygen atoms in total. The van der Waals surface area contributed by atoms with Gasteiger partial charge in [-0.3, -0.25) is 9.59 Å². The topological polar surface area (TPSA) is 166 Å². The fourth-order valence-electron chi connectivity index (χ4n) is 10.0. The highest BCUT2D eigenvalue weighted by Gasteiger charge is 2.62. The lowest BCUT2D eigenvalue weighted by Crippen LogP contribution is -2.65. The molecular weight excluding hydrogens is 542 g/mol. The molecule has 0 radical (unpaired) electrons. The number of amides is 1. The third-order valence-corrected chi connectivity index (χ3v) is 12.2. The fraction of sp³-hybridized carbons (Fsp3) is 0.875. The molecule has 1 saturated heterocycles. The molecule has 4 aliphatic carbocycles. The quantitative estimate of drug-likeness (QED) is 0.232. The summed E-state index contributed by atoms with van der Waals surface area (Å²) in [4.78, 5) is 23.4. The summed E-state index contributed by atoms with van der Waals surface area (Å²) in [7, 11) is 0. The highest BCUT2D eigenvalue weighted by atomic mass is 16.7. The van der Waals surface area contributed by atoms with E-state index in [1.54, 1.807) is 0 Å². The van der Waals surface area contributed by atoms with E-state index in [0.717, 1.165) is 38.5 Å². The number of aliphatic carboxylic acids is 1. The molecule has 12 unspecified atom stereocenters. The molecule has 4 fully saturated rings. The molecule has 1 amide bonds. The minimum atomic E-state index is -1.39. The summed E-state index contributed by atoms with van der Waals surface area (Å²) in [6.07, 6.45) is 3.61. The van der Waals surface area contributed by atoms with E-state index in [4.69, 9.17) is 9.47 Å². The van der Waals surface area contributed by atoms with Crippen LogP contribution in [0.4, 0.5) is 0 Å². The Morgan fingerprint density at radius 2 is 1.83 bits per heavy atom. The van der Waals surface area contributed by atoms with E-state index in [1.807, 2.05) is 0 Å². The maximum Gasteiger partial charge on any atom is 0.303 e. The van der Waals surface area contributed by atoms with Gasteiger partial charge in [-0.25, -0.2) is 0 Å². The zero-order valence-corrected chi connectivity index (χ0v) is 25.4. The third-order valence-electron chi connectivity index (χ3n) is 12.2. The molecular formula is C32H51NO9. The average molecular weight is 594 g/mol. The number of aliphatic hydroxyl groups is 4. The Morgan fingerprint density at radius 1 is 1.10 bits per heavy atom. The van der Waals surface area contributed by atoms with Crippen molar-refractivity contribution in [3.8, 4) is 0 Å². The van der Waals surface area contributed by atoms with Gasteiger partial charge in [-0.2, -0.15) is 0 Å². The summed E-state index contributed by atoms with van der Waals surface area (Å²) in [5.74, 6) is 0.305. The Bertz CT molecular complexity index is 1050. The minimum Gasteiger partial charge on any atom is -0.481 e. The van der Waals surface area contributed by atoms with Gasteiger partial charge in [0.05, 0.1) is 18.8 Å². The predicted molar refractivity (Wildman–Crippen MR) is 153 cm³/mol. The summed E-state index contributed by atoms with van der Waals surface area (Å²) in [5, 5.41) is 54.0. The van der Waals surface area contributed by atoms with Gasteiger partial charge >= 0.3 is 5.97 Å². The van der Waals surface area contributed by atoms with Gasteiger partial charge in [0.1, 0.15) is 24.4 Å². The largest absolute Gasteiger partial charge is 0.481 e. The molecule has 3 saturated carbocycles. The van der Waals surface area contributed by atoms with Gasteiger partial charge in [0.15, 0.2) is 6.29 Å². The molecule has 1 heterocycles. The SMILES string of the molecule is CC(=O)NC1C(O[C@H]2C=C3C[C@@H](O)CCC3(C)C3CCC4(C)C(C(C)CCC(=O)O)CCC4C32)OC(CO)C(O)C1O. The van der Waals surface area contributed by atoms with Gasteiger partial charge in [0, 0.05) is 13.3 Å². The lowest BCUT2D eigenvalue weighted by atomic mass is 9.46. The van der Waals surface area contributed by atoms with Crippen molar-refractivity contribution in [3.63, 3.8) is 0 Å². The van der Waals surface area contributed by atoms with Crippen LogP contribution in [-0.2, 0) is 19.1 Å². The molecule has 5 aliphatic rings. The number of rotatable bonds is 8. The number of carbonyl (C=O) groups excluding carboxylic acids is 1. The lowest BCUT2D eigenvalue weighted by Gasteiger charge is -2.60. The van der Waals surface area contributed by atoms with Crippen LogP contribution in [0.3, 0.4) is 0 Å². The van der Waals surface area contributed by atoms with Crippen LogP contribution < -0.4 is 5.32 Å². The van der Waals surface area contributed by atoms with Gasteiger partial charge in [0.25, 0.3) is 0 Å². The van der Waals surface area contributed by atoms with Crippen LogP contribution in [0, 0.1) is 40.4 Å². The number of carbonyl (C=O) groups is 2. The van der Waals surface area contributed by atoms with E-state index in [-0.39, 0.29) is 29.1 Å². The Hall–Kier alpha value is -1.56. The van der Waals surface area contributed by atoms with Crippen LogP contribution in [0.2, 0.25) is 0 Å². The summed E-state index contributed by atoms with van der Waals surface area (Å²) in [5.41, 5.74) is 1.14. The van der Waals surface area contributed by atoms with Crippen LogP contribution in [0.5, 0.6) is 0 Å². The van der Waals surface area contributed by atoms with Crippen molar-refractivity contribution in [3.05, 3.63) is 11.6 Å². The molecule has 0 bridgehead atoms. The molecule has 42 heavy (non-hydrogen) atoms. The first-order valence-corrected chi connectivity index (χ1v) is 16.0. The fourth-order valence-corrected chi connectivity index (χ4v) is 10.0. The monoisotopic (exact) mass is 593 g/mol. The van der Waals surface area contributed by atoms with E-state index in [0.29, 0.717) is 30.6 Å². The smallest absolute Gasteiger partial charge is 0.303 e. The van der Waals surface area contributed by atoms with Crippen molar-refractivity contribution in [1.82, 2.24) is 5.32 Å². The number of hydrogen-bond donors (Lipinski definition) is 6. The van der Waals surface area contributed by atoms with Crippen LogP contribution in [0.1, 0.15) is 85.5 Å². The molecule has 10 heteroatoms. The molecule has 0 aromatic heterocycles. The van der Waals surface area contributed by atoms with Crippen LogP contribution >= 0.6 is 0 Å². The molecule has 14 atom stereocenters. The lowest BCUT2D eigenvalue weighted by molar-refractivity contribution is -0.289. The van der Waals surface area contributed by atoms with E-state index < -0.39 is 61.3 Å². The second kappa shape index (κ2) is 12.1. The number of nitrogens with one attached hydrogen (secondary N) is 1. The summed E-state index contributed by atoms with van der Waals surface area (Å²) < 4.78 is 12.8. The van der Waals surface area contributed by atoms with Crippen molar-refractivity contribution in [2.75, 3.05) is 6.61 Å². The number of hydrogen-bond acceptors (Lipinski definition) is 8. The second-order valence-electron chi connectivity index (χ2n) is 14.5. The maximum absolute atomic E-state index is 12.1. The molecule has 0 aromatic rings. The Labute approximate surface area is 248 Å². The Balaban J connectivity index is 1.50. The number of carboxylic acid groups (broad SMARTS) is 1. The molecule has 0 spiro atoms. The number of aliphatic hydroxyl groups excluding tert-OH is 4. The average Bonchev–Trinajstić information content (AvgIpc) is 3.29. The summed E-state index contributed by atoms with van der Waals surface area (Å²) in [6.45, 7) is 7.73. The van der Waals surface area contributed by atoms with Crippen molar-refractivity contribution in [2.45, 2.75) is 128 Å². The molecule has 1 aliphatic heterocycles. The van der Waals surface area contributed by atoms with Crippen molar-refractivity contribution in [2.24, 2.45) is 40.4 Å². The first kappa shape index (κ1) is 31.9. The Morgan fingerprint density at radius 3 is 2.50 bits per heavy atom. The van der Waals surface area contributed by atoms with Crippen molar-refractivity contribution >= 4 is 11.9 Å². The van der Waals surface area contributed by atoms with Gasteiger partial charge in [0.2, 0.25) is 5.91 Å². The van der Waals surface area contributed by atoms with Gasteiger partial charge in [-0.05, 0) is 91.8 Å². The molecule has 6 N–H and O–H groups in total. The number of fused-ring (bicyclic) bond motifs is 5. The molecule has 238 valence electrons. The summed E-state index contributed by atoms with van der Waals surface area (Å²) >= 11 is 0. The predicted octanol–water partition coefficient (Wildman–Crippen LogP) is 2.37. The maximum atomic E-state index is 12.1. The van der Waals surface area contributed by atoms with E-state index in [1.165, 1.54) is 12.5 Å². The van der Waals surface area contributed by atoms with Crippen molar-refractivity contribution < 1.29 is 44.6 Å². The van der Waals surface area contributed by atoms with Gasteiger partial charge < -0.3 is 40.3 Å². The van der Waals surface area contributed by atoms with E-state index >= 15 is 0 Å². The summed E-state index contributed by atoms with van der Waals surface area (Å²) in [6, 6.07) is -1.02. The van der Waals surface area contributed by atoms with Crippen molar-refractivity contribution in [1.29, 1.82) is 0 Å². The van der Waals surface area contributed by atoms with Crippen LogP contribution in [0.15, 0.2) is 11.6 Å². The first-order valence-electron chi connectivity index (χ1n) is 16.0. The van der Waals surface area contributed by atoms with Gasteiger partial charge in [-0.1, -0.05) is 32.4 Å². The minimum absolute atomic E-state index is 0.0182. The first-order chi connectivity index (χ1) is 19.8. The van der Waals surface area contributed by atoms with E-state index in [9.17, 15) is 35.1 Å². The number of ether oxygens (including phenoxy) is 2. The second-order valence-corrected chi connectivity index (χ2v) is 14.5. The van der Waals surface area contributed by atoms with E-state index in [2.05, 4.69) is 32.2 Å². The van der Waals surface area contributed by atoms with Gasteiger partial charge in [-0.15, -0.1) is 0 Å². The molecule has 5 rings (SSSR count). The highest BCUT2D eigenvalue weighted by Crippen LogP contribution is 2.67. The highest BCUT2D eigenvalue weighted by molar-refractivity contribution is 5.73. The standard InChI is InChI=1S/C32H51NO9/c1-16(5-8-25(37)38)20-6-7-21-26-22(10-12-32(20,21)4)31(3)11-9-19(36)13-18(31)14-23(26)41-30-27(33-17(2)35)29(40)28(39)24(15-34)42-30/h14,16,19-24,26-30,34,36,39-40H,5-13,15H2,1-4H3,(H,33,35)(H,37,38)/t16?,19-,20?,21?,22?,23-,24?,26?,27?,28?,29?,30?,31?,32?/m0/s1. The zero-order chi connectivity index (χ0) is 30.6. The third kappa shape index (κ3) is 5.56. The van der Waals surface area contributed by atoms with Crippen LogP contribution in [-0.4, -0.2) is 86.9 Å². The zero-order valence-electron chi connectivity index (χ0n) is 25.4. The Kier molecular flexibility index (Phi) is 9.17.